The molecule has 19 heavy (non-hydrogen) atoms. The molecule has 5 heteroatoms. The van der Waals surface area contributed by atoms with Gasteiger partial charge in [-0.2, -0.15) is 11.3 Å². The van der Waals surface area contributed by atoms with Crippen LogP contribution in [0.5, 0.6) is 0 Å². The second-order valence-corrected chi connectivity index (χ2v) is 5.01. The van der Waals surface area contributed by atoms with E-state index in [4.69, 9.17) is 10.9 Å². The Balaban J connectivity index is 2.09. The van der Waals surface area contributed by atoms with Gasteiger partial charge in [0.1, 0.15) is 5.84 Å². The van der Waals surface area contributed by atoms with Crippen molar-refractivity contribution in [1.29, 1.82) is 0 Å². The monoisotopic (exact) mass is 275 g/mol. The molecule has 0 bridgehead atoms. The number of nitrogens with zero attached hydrogens (tertiary/aromatic N) is 2. The number of oxime groups is 1. The average molecular weight is 275 g/mol. The Morgan fingerprint density at radius 2 is 2.05 bits per heavy atom. The minimum Gasteiger partial charge on any atom is -0.409 e. The van der Waals surface area contributed by atoms with Crippen LogP contribution in [-0.2, 0) is 6.54 Å². The number of nitrogens with two attached hydrogens (primary N) is 1. The van der Waals surface area contributed by atoms with Crippen LogP contribution in [0.1, 0.15) is 12.0 Å². The summed E-state index contributed by atoms with van der Waals surface area (Å²) in [5.41, 5.74) is 7.96. The molecule has 0 amide bonds. The summed E-state index contributed by atoms with van der Waals surface area (Å²) >= 11 is 1.69. The second-order valence-electron chi connectivity index (χ2n) is 4.23. The molecule has 1 aromatic heterocycles. The normalized spacial score (nSPS) is 11.5. The van der Waals surface area contributed by atoms with Gasteiger partial charge in [0.05, 0.1) is 0 Å². The van der Waals surface area contributed by atoms with E-state index in [0.717, 1.165) is 18.8 Å². The first-order valence-electron chi connectivity index (χ1n) is 6.07. The minimum atomic E-state index is 0.256. The lowest BCUT2D eigenvalue weighted by Crippen LogP contribution is -2.27. The zero-order valence-electron chi connectivity index (χ0n) is 10.6. The van der Waals surface area contributed by atoms with Crippen molar-refractivity contribution in [3.05, 3.63) is 52.7 Å². The van der Waals surface area contributed by atoms with Gasteiger partial charge in [-0.05, 0) is 34.5 Å². The first kappa shape index (κ1) is 13.4. The molecule has 0 saturated heterocycles. The largest absolute Gasteiger partial charge is 0.409 e. The van der Waals surface area contributed by atoms with Gasteiger partial charge in [0.2, 0.25) is 0 Å². The molecule has 100 valence electrons. The Hall–Kier alpha value is -2.01. The third kappa shape index (κ3) is 3.99. The Bertz CT molecular complexity index is 511. The van der Waals surface area contributed by atoms with E-state index in [1.807, 2.05) is 18.2 Å². The van der Waals surface area contributed by atoms with Gasteiger partial charge in [-0.25, -0.2) is 0 Å². The first-order valence-corrected chi connectivity index (χ1v) is 7.01. The molecular weight excluding hydrogens is 258 g/mol. The fourth-order valence-corrected chi connectivity index (χ4v) is 2.50. The maximum absolute atomic E-state index is 8.62. The lowest BCUT2D eigenvalue weighted by atomic mass is 10.2. The van der Waals surface area contributed by atoms with Crippen LogP contribution in [0, 0.1) is 0 Å². The minimum absolute atomic E-state index is 0.256. The van der Waals surface area contributed by atoms with E-state index in [1.165, 1.54) is 5.56 Å². The molecule has 0 aliphatic rings. The van der Waals surface area contributed by atoms with Gasteiger partial charge in [-0.1, -0.05) is 23.4 Å². The average Bonchev–Trinajstić information content (AvgIpc) is 2.97. The molecule has 0 aliphatic carbocycles. The molecule has 1 heterocycles. The van der Waals surface area contributed by atoms with Gasteiger partial charge in [-0.15, -0.1) is 0 Å². The summed E-state index contributed by atoms with van der Waals surface area (Å²) in [6, 6.07) is 12.3. The van der Waals surface area contributed by atoms with Gasteiger partial charge in [0.15, 0.2) is 0 Å². The first-order chi connectivity index (χ1) is 9.29. The number of anilines is 1. The number of para-hydroxylation sites is 1. The molecule has 2 rings (SSSR count). The number of thiophene rings is 1. The van der Waals surface area contributed by atoms with E-state index < -0.39 is 0 Å². The molecule has 0 saturated carbocycles. The standard InChI is InChI=1S/C14H17N3OS/c15-14(16-18)6-8-17(10-12-7-9-19-11-12)13-4-2-1-3-5-13/h1-5,7,9,11,18H,6,8,10H2,(H2,15,16). The fraction of sp³-hybridized carbons (Fsp3) is 0.214. The molecule has 0 unspecified atom stereocenters. The summed E-state index contributed by atoms with van der Waals surface area (Å²) in [6.07, 6.45) is 0.537. The number of hydrogen-bond donors (Lipinski definition) is 2. The highest BCUT2D eigenvalue weighted by molar-refractivity contribution is 7.07. The van der Waals surface area contributed by atoms with Crippen molar-refractivity contribution >= 4 is 22.9 Å². The van der Waals surface area contributed by atoms with Crippen molar-refractivity contribution in [3.8, 4) is 0 Å². The van der Waals surface area contributed by atoms with Crippen molar-refractivity contribution < 1.29 is 5.21 Å². The molecule has 4 nitrogen and oxygen atoms in total. The zero-order chi connectivity index (χ0) is 13.5. The number of rotatable bonds is 6. The van der Waals surface area contributed by atoms with E-state index in [2.05, 4.69) is 39.0 Å². The maximum Gasteiger partial charge on any atom is 0.140 e. The molecule has 0 fully saturated rings. The molecule has 0 atom stereocenters. The van der Waals surface area contributed by atoms with E-state index in [9.17, 15) is 0 Å². The molecule has 1 aromatic carbocycles. The molecule has 0 spiro atoms. The Morgan fingerprint density at radius 1 is 1.26 bits per heavy atom. The predicted molar refractivity (Wildman–Crippen MR) is 79.8 cm³/mol. The van der Waals surface area contributed by atoms with Crippen LogP contribution < -0.4 is 10.6 Å². The van der Waals surface area contributed by atoms with Crippen molar-refractivity contribution in [2.45, 2.75) is 13.0 Å². The van der Waals surface area contributed by atoms with Gasteiger partial charge < -0.3 is 15.8 Å². The molecule has 0 radical (unpaired) electrons. The summed E-state index contributed by atoms with van der Waals surface area (Å²) in [5.74, 6) is 0.256. The summed E-state index contributed by atoms with van der Waals surface area (Å²) in [4.78, 5) is 2.22. The Labute approximate surface area is 116 Å². The van der Waals surface area contributed by atoms with E-state index >= 15 is 0 Å². The van der Waals surface area contributed by atoms with E-state index in [1.54, 1.807) is 11.3 Å². The van der Waals surface area contributed by atoms with Gasteiger partial charge in [0, 0.05) is 25.2 Å². The van der Waals surface area contributed by atoms with Crippen LogP contribution in [0.3, 0.4) is 0 Å². The smallest absolute Gasteiger partial charge is 0.140 e. The topological polar surface area (TPSA) is 61.8 Å². The highest BCUT2D eigenvalue weighted by atomic mass is 32.1. The lowest BCUT2D eigenvalue weighted by Gasteiger charge is -2.24. The van der Waals surface area contributed by atoms with Crippen molar-refractivity contribution in [2.24, 2.45) is 10.9 Å². The van der Waals surface area contributed by atoms with Gasteiger partial charge >= 0.3 is 0 Å². The molecule has 0 aliphatic heterocycles. The SMILES string of the molecule is N/C(CCN(Cc1ccsc1)c1ccccc1)=N\O. The van der Waals surface area contributed by atoms with Gasteiger partial charge in [-0.3, -0.25) is 0 Å². The highest BCUT2D eigenvalue weighted by Gasteiger charge is 2.08. The number of hydrogen-bond acceptors (Lipinski definition) is 4. The Kier molecular flexibility index (Phi) is 4.80. The van der Waals surface area contributed by atoms with Crippen molar-refractivity contribution in [2.75, 3.05) is 11.4 Å². The van der Waals surface area contributed by atoms with Crippen LogP contribution in [0.15, 0.2) is 52.3 Å². The highest BCUT2D eigenvalue weighted by Crippen LogP contribution is 2.18. The third-order valence-corrected chi connectivity index (χ3v) is 3.57. The van der Waals surface area contributed by atoms with Crippen molar-refractivity contribution in [3.63, 3.8) is 0 Å². The van der Waals surface area contributed by atoms with Crippen LogP contribution in [-0.4, -0.2) is 17.6 Å². The number of benzene rings is 1. The van der Waals surface area contributed by atoms with E-state index in [0.29, 0.717) is 6.42 Å². The lowest BCUT2D eigenvalue weighted by molar-refractivity contribution is 0.317. The Morgan fingerprint density at radius 3 is 2.68 bits per heavy atom. The van der Waals surface area contributed by atoms with Crippen LogP contribution in [0.25, 0.3) is 0 Å². The summed E-state index contributed by atoms with van der Waals surface area (Å²) in [5, 5.41) is 15.9. The third-order valence-electron chi connectivity index (χ3n) is 2.84. The maximum atomic E-state index is 8.62. The van der Waals surface area contributed by atoms with Crippen LogP contribution in [0.4, 0.5) is 5.69 Å². The predicted octanol–water partition coefficient (Wildman–Crippen LogP) is 2.89. The fourth-order valence-electron chi connectivity index (χ4n) is 1.84. The van der Waals surface area contributed by atoms with Crippen LogP contribution >= 0.6 is 11.3 Å². The summed E-state index contributed by atoms with van der Waals surface area (Å²) in [7, 11) is 0. The molecule has 3 N–H and O–H groups in total. The van der Waals surface area contributed by atoms with Gasteiger partial charge in [0.25, 0.3) is 0 Å². The quantitative estimate of drug-likeness (QED) is 0.369. The van der Waals surface area contributed by atoms with Crippen molar-refractivity contribution in [1.82, 2.24) is 0 Å². The van der Waals surface area contributed by atoms with Crippen LogP contribution in [0.2, 0.25) is 0 Å². The second kappa shape index (κ2) is 6.80. The summed E-state index contributed by atoms with van der Waals surface area (Å²) in [6.45, 7) is 1.54. The van der Waals surface area contributed by atoms with E-state index in [-0.39, 0.29) is 5.84 Å². The zero-order valence-corrected chi connectivity index (χ0v) is 11.4. The summed E-state index contributed by atoms with van der Waals surface area (Å²) < 4.78 is 0. The molecular formula is C14H17N3OS. The molecule has 2 aromatic rings. The number of amidine groups is 1.